The van der Waals surface area contributed by atoms with Crippen LogP contribution in [0.4, 0.5) is 5.69 Å². The summed E-state index contributed by atoms with van der Waals surface area (Å²) in [5.74, 6) is 0.890. The Bertz CT molecular complexity index is 1050. The minimum atomic E-state index is -0.693. The molecule has 1 aliphatic rings. The van der Waals surface area contributed by atoms with Crippen molar-refractivity contribution in [2.45, 2.75) is 32.2 Å². The van der Waals surface area contributed by atoms with Crippen LogP contribution < -0.4 is 10.1 Å². The molecule has 2 N–H and O–H groups in total. The number of methoxy groups -OCH3 is 1. The number of amides is 2. The van der Waals surface area contributed by atoms with E-state index in [9.17, 15) is 9.59 Å². The van der Waals surface area contributed by atoms with Gasteiger partial charge in [0.25, 0.3) is 5.91 Å². The molecule has 4 rings (SSSR count). The monoisotopic (exact) mass is 391 g/mol. The number of nitrogens with one attached hydrogen (secondary N) is 2. The molecule has 0 aliphatic carbocycles. The Kier molecular flexibility index (Phi) is 5.01. The van der Waals surface area contributed by atoms with Gasteiger partial charge in [0.15, 0.2) is 0 Å². The summed E-state index contributed by atoms with van der Waals surface area (Å²) in [4.78, 5) is 30.3. The van der Waals surface area contributed by atoms with Crippen LogP contribution in [0.1, 0.15) is 43.4 Å². The van der Waals surface area contributed by atoms with Crippen molar-refractivity contribution in [1.82, 2.24) is 9.88 Å². The molecule has 2 heterocycles. The van der Waals surface area contributed by atoms with Crippen molar-refractivity contribution in [3.8, 4) is 5.75 Å². The van der Waals surface area contributed by atoms with Crippen molar-refractivity contribution < 1.29 is 14.3 Å². The number of anilines is 1. The molecule has 0 bridgehead atoms. The number of carbonyl (C=O) groups is 2. The largest absolute Gasteiger partial charge is 0.497 e. The lowest BCUT2D eigenvalue weighted by molar-refractivity contribution is -0.147. The summed E-state index contributed by atoms with van der Waals surface area (Å²) >= 11 is 0. The number of hydrogen-bond donors (Lipinski definition) is 2. The number of fused-ring (bicyclic) bond motifs is 1. The zero-order valence-corrected chi connectivity index (χ0v) is 16.9. The third-order valence-corrected chi connectivity index (χ3v) is 5.51. The molecule has 150 valence electrons. The first kappa shape index (κ1) is 19.1. The fourth-order valence-electron chi connectivity index (χ4n) is 3.69. The predicted molar refractivity (Wildman–Crippen MR) is 113 cm³/mol. The van der Waals surface area contributed by atoms with Gasteiger partial charge in [0.2, 0.25) is 5.91 Å². The van der Waals surface area contributed by atoms with Crippen LogP contribution in [-0.2, 0) is 9.59 Å². The smallest absolute Gasteiger partial charge is 0.251 e. The Morgan fingerprint density at radius 3 is 2.52 bits per heavy atom. The number of nitrogens with zero attached hydrogens (tertiary/aromatic N) is 1. The summed E-state index contributed by atoms with van der Waals surface area (Å²) in [5, 5.41) is 3.86. The molecule has 1 aromatic heterocycles. The molecule has 6 heteroatoms. The van der Waals surface area contributed by atoms with Gasteiger partial charge in [0.1, 0.15) is 11.8 Å². The van der Waals surface area contributed by atoms with E-state index >= 15 is 0 Å². The number of likely N-dealkylation sites (tertiary alicyclic amines) is 1. The number of carbonyl (C=O) groups excluding carboxylic acids is 2. The van der Waals surface area contributed by atoms with Crippen LogP contribution in [-0.4, -0.2) is 35.4 Å². The molecule has 0 spiro atoms. The lowest BCUT2D eigenvalue weighted by Crippen LogP contribution is -2.49. The Hall–Kier alpha value is -3.28. The Balaban J connectivity index is 1.67. The summed E-state index contributed by atoms with van der Waals surface area (Å²) in [6.45, 7) is 4.83. The van der Waals surface area contributed by atoms with E-state index in [1.54, 1.807) is 12.0 Å². The summed E-state index contributed by atoms with van der Waals surface area (Å²) in [6, 6.07) is 12.8. The number of H-pyrrole nitrogens is 1. The molecule has 0 radical (unpaired) electrons. The van der Waals surface area contributed by atoms with Gasteiger partial charge in [-0.1, -0.05) is 26.0 Å². The second-order valence-corrected chi connectivity index (χ2v) is 7.66. The van der Waals surface area contributed by atoms with Gasteiger partial charge in [-0.05, 0) is 41.8 Å². The molecule has 29 heavy (non-hydrogen) atoms. The topological polar surface area (TPSA) is 74.4 Å². The molecule has 3 aromatic rings. The van der Waals surface area contributed by atoms with Crippen LogP contribution in [0, 0.1) is 0 Å². The van der Waals surface area contributed by atoms with Crippen LogP contribution in [0.3, 0.4) is 0 Å². The highest BCUT2D eigenvalue weighted by atomic mass is 16.5. The molecule has 6 nitrogen and oxygen atoms in total. The lowest BCUT2D eigenvalue weighted by Gasteiger charge is -2.37. The van der Waals surface area contributed by atoms with Gasteiger partial charge in [0, 0.05) is 41.3 Å². The number of benzene rings is 2. The van der Waals surface area contributed by atoms with Crippen molar-refractivity contribution in [1.29, 1.82) is 0 Å². The number of β-lactam (4-membered cyclic amide) rings is 1. The maximum Gasteiger partial charge on any atom is 0.251 e. The van der Waals surface area contributed by atoms with Crippen LogP contribution in [0.2, 0.25) is 0 Å². The lowest BCUT2D eigenvalue weighted by atomic mass is 9.99. The van der Waals surface area contributed by atoms with E-state index in [0.717, 1.165) is 22.2 Å². The minimum absolute atomic E-state index is 0.0162. The van der Waals surface area contributed by atoms with Gasteiger partial charge in [-0.2, -0.15) is 0 Å². The maximum atomic E-state index is 13.3. The van der Waals surface area contributed by atoms with Crippen LogP contribution >= 0.6 is 0 Å². The first-order chi connectivity index (χ1) is 14.0. The summed E-state index contributed by atoms with van der Waals surface area (Å²) < 4.78 is 5.34. The van der Waals surface area contributed by atoms with E-state index in [2.05, 4.69) is 24.1 Å². The third-order valence-electron chi connectivity index (χ3n) is 5.51. The highest BCUT2D eigenvalue weighted by Crippen LogP contribution is 2.34. The van der Waals surface area contributed by atoms with Gasteiger partial charge in [0.05, 0.1) is 7.11 Å². The fraction of sp³-hybridized carbons (Fsp3) is 0.304. The molecule has 2 amide bonds. The molecular weight excluding hydrogens is 366 g/mol. The Morgan fingerprint density at radius 2 is 1.93 bits per heavy atom. The van der Waals surface area contributed by atoms with Crippen molar-refractivity contribution in [3.05, 3.63) is 59.8 Å². The molecule has 0 saturated carbocycles. The second kappa shape index (κ2) is 7.62. The van der Waals surface area contributed by atoms with E-state index in [1.807, 2.05) is 48.7 Å². The average molecular weight is 391 g/mol. The van der Waals surface area contributed by atoms with E-state index in [-0.39, 0.29) is 11.8 Å². The predicted octanol–water partition coefficient (Wildman–Crippen LogP) is 4.21. The standard InChI is InChI=1S/C23H25N3O3/c1-14(2)15-4-6-16(7-5-15)25-23(28)22(26-11-10-21(26)27)19-13-24-20-9-8-17(29-3)12-18(19)20/h4-9,12-14,22,24H,10-11H2,1-3H3,(H,25,28)/t22-/m1/s1. The molecule has 1 saturated heterocycles. The van der Waals surface area contributed by atoms with E-state index in [0.29, 0.717) is 24.6 Å². The number of aromatic amines is 1. The Labute approximate surface area is 169 Å². The Morgan fingerprint density at radius 1 is 1.17 bits per heavy atom. The second-order valence-electron chi connectivity index (χ2n) is 7.66. The number of rotatable bonds is 6. The van der Waals surface area contributed by atoms with Gasteiger partial charge in [-0.3, -0.25) is 9.59 Å². The van der Waals surface area contributed by atoms with E-state index < -0.39 is 6.04 Å². The van der Waals surface area contributed by atoms with Crippen molar-refractivity contribution >= 4 is 28.4 Å². The van der Waals surface area contributed by atoms with Gasteiger partial charge in [-0.25, -0.2) is 0 Å². The quantitative estimate of drug-likeness (QED) is 0.618. The van der Waals surface area contributed by atoms with Crippen molar-refractivity contribution in [2.24, 2.45) is 0 Å². The molecule has 0 unspecified atom stereocenters. The zero-order chi connectivity index (χ0) is 20.5. The van der Waals surface area contributed by atoms with Crippen molar-refractivity contribution in [2.75, 3.05) is 19.0 Å². The highest BCUT2D eigenvalue weighted by Gasteiger charge is 2.38. The van der Waals surface area contributed by atoms with E-state index in [4.69, 9.17) is 4.74 Å². The van der Waals surface area contributed by atoms with E-state index in [1.165, 1.54) is 5.56 Å². The molecule has 1 fully saturated rings. The van der Waals surface area contributed by atoms with Gasteiger partial charge < -0.3 is 19.9 Å². The van der Waals surface area contributed by atoms with Crippen LogP contribution in [0.15, 0.2) is 48.7 Å². The summed E-state index contributed by atoms with van der Waals surface area (Å²) in [5.41, 5.74) is 3.59. The van der Waals surface area contributed by atoms with Gasteiger partial charge >= 0.3 is 0 Å². The van der Waals surface area contributed by atoms with Crippen molar-refractivity contribution in [3.63, 3.8) is 0 Å². The highest BCUT2D eigenvalue weighted by molar-refractivity contribution is 6.02. The third kappa shape index (κ3) is 3.58. The molecule has 1 atom stereocenters. The SMILES string of the molecule is COc1ccc2[nH]cc([C@H](C(=O)Nc3ccc(C(C)C)cc3)N3CCC3=O)c2c1. The number of ether oxygens (including phenoxy) is 1. The maximum absolute atomic E-state index is 13.3. The molecule has 2 aromatic carbocycles. The molecule has 1 aliphatic heterocycles. The first-order valence-corrected chi connectivity index (χ1v) is 9.83. The summed E-state index contributed by atoms with van der Waals surface area (Å²) in [7, 11) is 1.61. The minimum Gasteiger partial charge on any atom is -0.497 e. The normalized spacial score (nSPS) is 14.8. The number of aromatic nitrogens is 1. The fourth-order valence-corrected chi connectivity index (χ4v) is 3.69. The molecular formula is C23H25N3O3. The average Bonchev–Trinajstić information content (AvgIpc) is 3.13. The van der Waals surface area contributed by atoms with Gasteiger partial charge in [-0.15, -0.1) is 0 Å². The number of hydrogen-bond acceptors (Lipinski definition) is 3. The van der Waals surface area contributed by atoms with Crippen LogP contribution in [0.25, 0.3) is 10.9 Å². The zero-order valence-electron chi connectivity index (χ0n) is 16.9. The van der Waals surface area contributed by atoms with Crippen LogP contribution in [0.5, 0.6) is 5.75 Å². The summed E-state index contributed by atoms with van der Waals surface area (Å²) in [6.07, 6.45) is 2.28. The first-order valence-electron chi connectivity index (χ1n) is 9.83.